The molecule has 29 heavy (non-hydrogen) atoms. The van der Waals surface area contributed by atoms with Gasteiger partial charge < -0.3 is 14.4 Å². The van der Waals surface area contributed by atoms with Crippen molar-refractivity contribution in [2.45, 2.75) is 51.0 Å². The van der Waals surface area contributed by atoms with E-state index in [2.05, 4.69) is 0 Å². The predicted octanol–water partition coefficient (Wildman–Crippen LogP) is 3.51. The van der Waals surface area contributed by atoms with E-state index in [1.165, 1.54) is 16.7 Å². The smallest absolute Gasteiger partial charge is 0.326 e. The van der Waals surface area contributed by atoms with Gasteiger partial charge in [-0.2, -0.15) is 0 Å². The molecule has 0 radical (unpaired) electrons. The summed E-state index contributed by atoms with van der Waals surface area (Å²) in [6, 6.07) is 2.85. The highest BCUT2D eigenvalue weighted by Gasteiger charge is 2.32. The largest absolute Gasteiger partial charge is 0.480 e. The lowest BCUT2D eigenvalue weighted by Gasteiger charge is -2.33. The van der Waals surface area contributed by atoms with E-state index in [0.29, 0.717) is 47.3 Å². The van der Waals surface area contributed by atoms with Crippen molar-refractivity contribution in [3.05, 3.63) is 29.1 Å². The normalized spacial score (nSPS) is 21.2. The second-order valence-corrected chi connectivity index (χ2v) is 8.77. The van der Waals surface area contributed by atoms with Crippen LogP contribution in [0.2, 0.25) is 0 Å². The number of carbonyl (C=O) groups excluding carboxylic acids is 2. The monoisotopic (exact) mass is 436 g/mol. The molecule has 2 fully saturated rings. The summed E-state index contributed by atoms with van der Waals surface area (Å²) in [7, 11) is 0. The number of piperidine rings is 1. The number of unbranched alkanes of at least 4 members (excludes halogenated alkanes) is 2. The summed E-state index contributed by atoms with van der Waals surface area (Å²) < 4.78 is 5.77. The molecule has 1 atom stereocenters. The minimum absolute atomic E-state index is 0.0934. The van der Waals surface area contributed by atoms with Gasteiger partial charge in [-0.3, -0.25) is 14.5 Å². The SMILES string of the molecule is O=C(O)[C@@H]1CCCCN1C(=O)CCCCCN1C(=O)/C(=C/c2ccco2)SC1=S. The number of hydrogen-bond donors (Lipinski definition) is 1. The maximum Gasteiger partial charge on any atom is 0.326 e. The molecule has 9 heteroatoms. The molecule has 0 spiro atoms. The Morgan fingerprint density at radius 3 is 2.86 bits per heavy atom. The van der Waals surface area contributed by atoms with Crippen LogP contribution in [-0.4, -0.2) is 56.1 Å². The molecule has 156 valence electrons. The summed E-state index contributed by atoms with van der Waals surface area (Å²) in [5.74, 6) is -0.523. The molecule has 1 aromatic heterocycles. The Labute approximate surface area is 179 Å². The number of rotatable bonds is 8. The van der Waals surface area contributed by atoms with Crippen LogP contribution < -0.4 is 0 Å². The van der Waals surface area contributed by atoms with Crippen molar-refractivity contribution in [3.63, 3.8) is 0 Å². The molecular weight excluding hydrogens is 412 g/mol. The van der Waals surface area contributed by atoms with Gasteiger partial charge in [0, 0.05) is 25.6 Å². The van der Waals surface area contributed by atoms with E-state index in [9.17, 15) is 19.5 Å². The number of carboxylic acids is 1. The zero-order chi connectivity index (χ0) is 20.8. The van der Waals surface area contributed by atoms with E-state index in [1.807, 2.05) is 0 Å². The predicted molar refractivity (Wildman–Crippen MR) is 114 cm³/mol. The first-order valence-electron chi connectivity index (χ1n) is 9.78. The van der Waals surface area contributed by atoms with Crippen molar-refractivity contribution in [1.82, 2.24) is 9.80 Å². The third-order valence-corrected chi connectivity index (χ3v) is 6.45. The maximum absolute atomic E-state index is 12.5. The van der Waals surface area contributed by atoms with Gasteiger partial charge >= 0.3 is 5.97 Å². The van der Waals surface area contributed by atoms with Gasteiger partial charge in [0.25, 0.3) is 5.91 Å². The van der Waals surface area contributed by atoms with Gasteiger partial charge in [-0.1, -0.05) is 30.4 Å². The molecule has 0 saturated carbocycles. The van der Waals surface area contributed by atoms with Crippen LogP contribution in [0, 0.1) is 0 Å². The first-order chi connectivity index (χ1) is 14.0. The van der Waals surface area contributed by atoms with Crippen LogP contribution in [0.25, 0.3) is 6.08 Å². The molecule has 3 heterocycles. The standard InChI is InChI=1S/C20H24N2O5S2/c23-17(21-10-5-3-8-15(21)19(25)26)9-2-1-4-11-22-18(24)16(29-20(22)28)13-14-7-6-12-27-14/h6-7,12-13,15H,1-5,8-11H2,(H,25,26)/b16-13-/t15-/m0/s1. The van der Waals surface area contributed by atoms with Gasteiger partial charge in [-0.25, -0.2) is 4.79 Å². The van der Waals surface area contributed by atoms with Crippen LogP contribution in [0.4, 0.5) is 0 Å². The molecule has 0 unspecified atom stereocenters. The zero-order valence-corrected chi connectivity index (χ0v) is 17.7. The van der Waals surface area contributed by atoms with E-state index in [4.69, 9.17) is 16.6 Å². The molecule has 3 rings (SSSR count). The molecular formula is C20H24N2O5S2. The molecule has 1 aromatic rings. The Morgan fingerprint density at radius 2 is 2.14 bits per heavy atom. The number of furan rings is 1. The molecule has 0 aliphatic carbocycles. The van der Waals surface area contributed by atoms with Gasteiger partial charge in [-0.15, -0.1) is 0 Å². The lowest BCUT2D eigenvalue weighted by Crippen LogP contribution is -2.47. The van der Waals surface area contributed by atoms with Crippen molar-refractivity contribution < 1.29 is 23.9 Å². The van der Waals surface area contributed by atoms with Crippen LogP contribution in [0.5, 0.6) is 0 Å². The molecule has 2 saturated heterocycles. The second-order valence-electron chi connectivity index (χ2n) is 7.10. The van der Waals surface area contributed by atoms with Gasteiger partial charge in [0.2, 0.25) is 5.91 Å². The van der Waals surface area contributed by atoms with Crippen molar-refractivity contribution >= 4 is 52.2 Å². The highest BCUT2D eigenvalue weighted by atomic mass is 32.2. The average molecular weight is 437 g/mol. The highest BCUT2D eigenvalue weighted by molar-refractivity contribution is 8.26. The topological polar surface area (TPSA) is 91.1 Å². The van der Waals surface area contributed by atoms with E-state index in [-0.39, 0.29) is 11.8 Å². The minimum Gasteiger partial charge on any atom is -0.480 e. The number of thiocarbonyl (C=S) groups is 1. The molecule has 0 aromatic carbocycles. The fourth-order valence-corrected chi connectivity index (χ4v) is 4.84. The molecule has 2 aliphatic rings. The van der Waals surface area contributed by atoms with E-state index in [1.54, 1.807) is 29.4 Å². The average Bonchev–Trinajstić information content (AvgIpc) is 3.31. The summed E-state index contributed by atoms with van der Waals surface area (Å²) >= 11 is 6.58. The molecule has 2 amide bonds. The number of likely N-dealkylation sites (tertiary alicyclic amines) is 1. The number of nitrogens with zero attached hydrogens (tertiary/aromatic N) is 2. The zero-order valence-electron chi connectivity index (χ0n) is 16.0. The number of hydrogen-bond acceptors (Lipinski definition) is 6. The third kappa shape index (κ3) is 5.48. The maximum atomic E-state index is 12.5. The summed E-state index contributed by atoms with van der Waals surface area (Å²) in [6.07, 6.45) is 7.97. The van der Waals surface area contributed by atoms with Gasteiger partial charge in [0.05, 0.1) is 11.2 Å². The lowest BCUT2D eigenvalue weighted by molar-refractivity contribution is -0.152. The third-order valence-electron chi connectivity index (χ3n) is 5.07. The van der Waals surface area contributed by atoms with Crippen molar-refractivity contribution in [2.24, 2.45) is 0 Å². The van der Waals surface area contributed by atoms with Crippen molar-refractivity contribution in [2.75, 3.05) is 13.1 Å². The fourth-order valence-electron chi connectivity index (χ4n) is 3.55. The quantitative estimate of drug-likeness (QED) is 0.379. The number of amides is 2. The van der Waals surface area contributed by atoms with Gasteiger partial charge in [-0.05, 0) is 44.2 Å². The Balaban J connectivity index is 1.41. The fraction of sp³-hybridized carbons (Fsp3) is 0.500. The Bertz CT molecular complexity index is 806. The van der Waals surface area contributed by atoms with Crippen LogP contribution in [-0.2, 0) is 14.4 Å². The molecule has 2 aliphatic heterocycles. The van der Waals surface area contributed by atoms with Crippen LogP contribution in [0.1, 0.15) is 50.7 Å². The van der Waals surface area contributed by atoms with Gasteiger partial charge in [0.1, 0.15) is 16.1 Å². The summed E-state index contributed by atoms with van der Waals surface area (Å²) in [5.41, 5.74) is 0. The summed E-state index contributed by atoms with van der Waals surface area (Å²) in [5, 5.41) is 9.28. The first-order valence-corrected chi connectivity index (χ1v) is 11.0. The first kappa shape index (κ1) is 21.6. The Morgan fingerprint density at radius 1 is 1.31 bits per heavy atom. The summed E-state index contributed by atoms with van der Waals surface area (Å²) in [6.45, 7) is 1.03. The van der Waals surface area contributed by atoms with E-state index >= 15 is 0 Å². The van der Waals surface area contributed by atoms with Crippen molar-refractivity contribution in [1.29, 1.82) is 0 Å². The number of carbonyl (C=O) groups is 3. The van der Waals surface area contributed by atoms with Crippen LogP contribution in [0.15, 0.2) is 27.7 Å². The second kappa shape index (κ2) is 10.1. The molecule has 7 nitrogen and oxygen atoms in total. The Kier molecular flexibility index (Phi) is 7.49. The molecule has 1 N–H and O–H groups in total. The van der Waals surface area contributed by atoms with E-state index in [0.717, 1.165) is 25.7 Å². The number of carboxylic acid groups (broad SMARTS) is 1. The van der Waals surface area contributed by atoms with Crippen LogP contribution in [0.3, 0.4) is 0 Å². The van der Waals surface area contributed by atoms with Crippen molar-refractivity contribution in [3.8, 4) is 0 Å². The Hall–Kier alpha value is -2.13. The highest BCUT2D eigenvalue weighted by Crippen LogP contribution is 2.32. The lowest BCUT2D eigenvalue weighted by atomic mass is 10.0. The number of thioether (sulfide) groups is 1. The number of aliphatic carboxylic acids is 1. The summed E-state index contributed by atoms with van der Waals surface area (Å²) in [4.78, 5) is 39.9. The molecule has 0 bridgehead atoms. The van der Waals surface area contributed by atoms with Gasteiger partial charge in [0.15, 0.2) is 0 Å². The van der Waals surface area contributed by atoms with Crippen LogP contribution >= 0.6 is 24.0 Å². The van der Waals surface area contributed by atoms with E-state index < -0.39 is 12.0 Å². The minimum atomic E-state index is -0.921.